The highest BCUT2D eigenvalue weighted by Gasteiger charge is 2.17. The summed E-state index contributed by atoms with van der Waals surface area (Å²) < 4.78 is 5.81. The molecule has 20 heavy (non-hydrogen) atoms. The number of nitrogens with zero attached hydrogens (tertiary/aromatic N) is 3. The van der Waals surface area contributed by atoms with Crippen molar-refractivity contribution in [3.05, 3.63) is 42.4 Å². The first-order valence-electron chi connectivity index (χ1n) is 6.68. The monoisotopic (exact) mass is 268 g/mol. The maximum absolute atomic E-state index is 5.81. The zero-order chi connectivity index (χ0) is 13.9. The van der Waals surface area contributed by atoms with Crippen LogP contribution in [0.5, 0.6) is 0 Å². The first-order chi connectivity index (χ1) is 9.83. The largest absolute Gasteiger partial charge is 0.419 e. The fraction of sp³-hybridized carbons (Fsp3) is 0.267. The third-order valence-electron chi connectivity index (χ3n) is 3.37. The van der Waals surface area contributed by atoms with Crippen molar-refractivity contribution in [1.29, 1.82) is 0 Å². The van der Waals surface area contributed by atoms with Gasteiger partial charge in [-0.1, -0.05) is 19.1 Å². The van der Waals surface area contributed by atoms with Crippen molar-refractivity contribution in [1.82, 2.24) is 20.5 Å². The Labute approximate surface area is 117 Å². The van der Waals surface area contributed by atoms with Gasteiger partial charge in [0, 0.05) is 17.1 Å². The molecule has 0 aliphatic carbocycles. The van der Waals surface area contributed by atoms with Gasteiger partial charge in [0.1, 0.15) is 0 Å². The van der Waals surface area contributed by atoms with Crippen LogP contribution in [0.1, 0.15) is 25.3 Å². The van der Waals surface area contributed by atoms with Crippen molar-refractivity contribution in [2.75, 3.05) is 7.05 Å². The van der Waals surface area contributed by atoms with Gasteiger partial charge in [-0.15, -0.1) is 10.2 Å². The molecule has 0 radical (unpaired) electrons. The number of rotatable bonds is 4. The molecule has 3 rings (SSSR count). The quantitative estimate of drug-likeness (QED) is 0.788. The Morgan fingerprint density at radius 3 is 2.90 bits per heavy atom. The van der Waals surface area contributed by atoms with E-state index in [1.54, 1.807) is 6.20 Å². The highest BCUT2D eigenvalue weighted by molar-refractivity contribution is 5.92. The topological polar surface area (TPSA) is 63.8 Å². The molecule has 3 aromatic rings. The average molecular weight is 268 g/mol. The van der Waals surface area contributed by atoms with E-state index < -0.39 is 0 Å². The van der Waals surface area contributed by atoms with E-state index in [-0.39, 0.29) is 6.04 Å². The van der Waals surface area contributed by atoms with Gasteiger partial charge in [0.25, 0.3) is 0 Å². The molecule has 5 nitrogen and oxygen atoms in total. The summed E-state index contributed by atoms with van der Waals surface area (Å²) >= 11 is 0. The van der Waals surface area contributed by atoms with E-state index in [4.69, 9.17) is 4.42 Å². The fourth-order valence-corrected chi connectivity index (χ4v) is 2.28. The van der Waals surface area contributed by atoms with E-state index in [0.29, 0.717) is 11.8 Å². The molecule has 1 N–H and O–H groups in total. The summed E-state index contributed by atoms with van der Waals surface area (Å²) in [7, 11) is 1.89. The van der Waals surface area contributed by atoms with E-state index in [2.05, 4.69) is 27.4 Å². The van der Waals surface area contributed by atoms with Crippen LogP contribution in [-0.4, -0.2) is 22.2 Å². The Hall–Kier alpha value is -2.27. The minimum Gasteiger partial charge on any atom is -0.419 e. The van der Waals surface area contributed by atoms with Crippen molar-refractivity contribution in [3.8, 4) is 11.5 Å². The zero-order valence-electron chi connectivity index (χ0n) is 11.5. The molecule has 0 bridgehead atoms. The standard InChI is InChI=1S/C15H16N4O/c1-3-12(16-2)15-19-18-14(20-15)11-6-4-8-13-10(11)7-5-9-17-13/h4-9,12,16H,3H2,1-2H3. The lowest BCUT2D eigenvalue weighted by Crippen LogP contribution is -2.15. The van der Waals surface area contributed by atoms with E-state index in [0.717, 1.165) is 22.9 Å². The fourth-order valence-electron chi connectivity index (χ4n) is 2.28. The lowest BCUT2D eigenvalue weighted by molar-refractivity contribution is 0.415. The minimum absolute atomic E-state index is 0.0874. The highest BCUT2D eigenvalue weighted by atomic mass is 16.4. The molecular formula is C15H16N4O. The molecule has 1 aromatic carbocycles. The van der Waals surface area contributed by atoms with Crippen LogP contribution >= 0.6 is 0 Å². The zero-order valence-corrected chi connectivity index (χ0v) is 11.5. The van der Waals surface area contributed by atoms with Gasteiger partial charge >= 0.3 is 0 Å². The molecule has 2 heterocycles. The highest BCUT2D eigenvalue weighted by Crippen LogP contribution is 2.27. The summed E-state index contributed by atoms with van der Waals surface area (Å²) in [6, 6.07) is 9.90. The van der Waals surface area contributed by atoms with Crippen LogP contribution in [0.15, 0.2) is 40.9 Å². The van der Waals surface area contributed by atoms with E-state index in [1.165, 1.54) is 0 Å². The Balaban J connectivity index is 2.08. The Bertz CT molecular complexity index is 713. The van der Waals surface area contributed by atoms with Crippen LogP contribution in [-0.2, 0) is 0 Å². The molecule has 0 saturated heterocycles. The van der Waals surface area contributed by atoms with Gasteiger partial charge in [-0.2, -0.15) is 0 Å². The van der Waals surface area contributed by atoms with Crippen LogP contribution in [0.3, 0.4) is 0 Å². The summed E-state index contributed by atoms with van der Waals surface area (Å²) in [6.07, 6.45) is 2.68. The summed E-state index contributed by atoms with van der Waals surface area (Å²) in [5.41, 5.74) is 1.84. The van der Waals surface area contributed by atoms with Crippen LogP contribution in [0, 0.1) is 0 Å². The molecule has 0 aliphatic rings. The van der Waals surface area contributed by atoms with Crippen molar-refractivity contribution in [2.45, 2.75) is 19.4 Å². The van der Waals surface area contributed by atoms with Crippen molar-refractivity contribution < 1.29 is 4.42 Å². The van der Waals surface area contributed by atoms with Crippen LogP contribution in [0.2, 0.25) is 0 Å². The molecule has 1 atom stereocenters. The third kappa shape index (κ3) is 2.16. The van der Waals surface area contributed by atoms with Gasteiger partial charge in [0.2, 0.25) is 11.8 Å². The first-order valence-corrected chi connectivity index (χ1v) is 6.68. The molecule has 102 valence electrons. The number of aromatic nitrogens is 3. The van der Waals surface area contributed by atoms with Gasteiger partial charge < -0.3 is 9.73 Å². The smallest absolute Gasteiger partial charge is 0.248 e. The molecule has 0 saturated carbocycles. The predicted octanol–water partition coefficient (Wildman–Crippen LogP) is 2.96. The van der Waals surface area contributed by atoms with Gasteiger partial charge in [0.15, 0.2) is 0 Å². The van der Waals surface area contributed by atoms with Crippen molar-refractivity contribution in [3.63, 3.8) is 0 Å². The molecule has 0 amide bonds. The second kappa shape index (κ2) is 5.38. The van der Waals surface area contributed by atoms with E-state index >= 15 is 0 Å². The van der Waals surface area contributed by atoms with Gasteiger partial charge in [0.05, 0.1) is 11.6 Å². The number of pyridine rings is 1. The molecule has 1 unspecified atom stereocenters. The molecule has 0 aliphatic heterocycles. The molecular weight excluding hydrogens is 252 g/mol. The normalized spacial score (nSPS) is 12.7. The van der Waals surface area contributed by atoms with E-state index in [9.17, 15) is 0 Å². The minimum atomic E-state index is 0.0874. The van der Waals surface area contributed by atoms with Crippen LogP contribution in [0.4, 0.5) is 0 Å². The summed E-state index contributed by atoms with van der Waals surface area (Å²) in [4.78, 5) is 4.34. The van der Waals surface area contributed by atoms with Crippen molar-refractivity contribution in [2.24, 2.45) is 0 Å². The van der Waals surface area contributed by atoms with Crippen LogP contribution in [0.25, 0.3) is 22.4 Å². The summed E-state index contributed by atoms with van der Waals surface area (Å²) in [5, 5.41) is 12.5. The number of nitrogens with one attached hydrogen (secondary N) is 1. The predicted molar refractivity (Wildman–Crippen MR) is 77.1 cm³/mol. The van der Waals surface area contributed by atoms with Gasteiger partial charge in [-0.3, -0.25) is 4.98 Å². The maximum Gasteiger partial charge on any atom is 0.248 e. The number of benzene rings is 1. The summed E-state index contributed by atoms with van der Waals surface area (Å²) in [5.74, 6) is 1.15. The molecule has 2 aromatic heterocycles. The average Bonchev–Trinajstić information content (AvgIpc) is 2.97. The molecule has 5 heteroatoms. The first kappa shape index (κ1) is 12.7. The Morgan fingerprint density at radius 1 is 1.20 bits per heavy atom. The Morgan fingerprint density at radius 2 is 2.10 bits per heavy atom. The number of fused-ring (bicyclic) bond motifs is 1. The lowest BCUT2D eigenvalue weighted by atomic mass is 10.1. The second-order valence-corrected chi connectivity index (χ2v) is 4.57. The van der Waals surface area contributed by atoms with Gasteiger partial charge in [-0.25, -0.2) is 0 Å². The Kier molecular flexibility index (Phi) is 3.43. The van der Waals surface area contributed by atoms with Crippen molar-refractivity contribution >= 4 is 10.9 Å². The molecule has 0 fully saturated rings. The molecule has 0 spiro atoms. The lowest BCUT2D eigenvalue weighted by Gasteiger charge is -2.07. The SMILES string of the molecule is CCC(NC)c1nnc(-c2cccc3ncccc23)o1. The summed E-state index contributed by atoms with van der Waals surface area (Å²) in [6.45, 7) is 2.08. The van der Waals surface area contributed by atoms with Crippen LogP contribution < -0.4 is 5.32 Å². The second-order valence-electron chi connectivity index (χ2n) is 4.57. The third-order valence-corrected chi connectivity index (χ3v) is 3.37. The number of hydrogen-bond donors (Lipinski definition) is 1. The number of hydrogen-bond acceptors (Lipinski definition) is 5. The van der Waals surface area contributed by atoms with E-state index in [1.807, 2.05) is 37.4 Å². The van der Waals surface area contributed by atoms with Gasteiger partial charge in [-0.05, 0) is 31.7 Å². The maximum atomic E-state index is 5.81.